The molecule has 0 unspecified atom stereocenters. The molecular weight excluding hydrogens is 299 g/mol. The molecule has 0 heterocycles. The molecule has 1 aromatic rings. The second-order valence-electron chi connectivity index (χ2n) is 4.84. The molecular formula is C14H20F3N3O2. The van der Waals surface area contributed by atoms with Crippen molar-refractivity contribution in [3.05, 3.63) is 23.8 Å². The van der Waals surface area contributed by atoms with Crippen LogP contribution in [0, 0.1) is 0 Å². The minimum Gasteiger partial charge on any atom is -0.383 e. The van der Waals surface area contributed by atoms with Gasteiger partial charge in [0, 0.05) is 27.7 Å². The van der Waals surface area contributed by atoms with E-state index in [4.69, 9.17) is 4.74 Å². The first-order valence-corrected chi connectivity index (χ1v) is 6.63. The summed E-state index contributed by atoms with van der Waals surface area (Å²) in [5, 5.41) is 5.32. The summed E-state index contributed by atoms with van der Waals surface area (Å²) in [6.45, 7) is 0.916. The molecule has 0 aliphatic rings. The van der Waals surface area contributed by atoms with Crippen LogP contribution in [0.3, 0.4) is 0 Å². The Balaban J connectivity index is 2.84. The van der Waals surface area contributed by atoms with Gasteiger partial charge in [0.25, 0.3) is 0 Å². The topological polar surface area (TPSA) is 53.6 Å². The third-order valence-corrected chi connectivity index (χ3v) is 2.85. The Morgan fingerprint density at radius 3 is 2.55 bits per heavy atom. The lowest BCUT2D eigenvalue weighted by atomic mass is 10.1. The summed E-state index contributed by atoms with van der Waals surface area (Å²) in [6.07, 6.45) is -4.46. The molecule has 5 nitrogen and oxygen atoms in total. The number of benzene rings is 1. The van der Waals surface area contributed by atoms with Crippen LogP contribution in [0.4, 0.5) is 24.5 Å². The number of rotatable bonds is 7. The fourth-order valence-corrected chi connectivity index (χ4v) is 1.77. The van der Waals surface area contributed by atoms with Crippen LogP contribution in [0.1, 0.15) is 5.56 Å². The Morgan fingerprint density at radius 1 is 1.32 bits per heavy atom. The van der Waals surface area contributed by atoms with E-state index in [1.807, 2.05) is 0 Å². The van der Waals surface area contributed by atoms with Crippen molar-refractivity contribution in [1.82, 2.24) is 5.32 Å². The van der Waals surface area contributed by atoms with E-state index < -0.39 is 17.6 Å². The molecule has 0 bridgehead atoms. The van der Waals surface area contributed by atoms with Gasteiger partial charge in [-0.1, -0.05) is 0 Å². The van der Waals surface area contributed by atoms with Crippen molar-refractivity contribution in [1.29, 1.82) is 0 Å². The highest BCUT2D eigenvalue weighted by atomic mass is 19.4. The zero-order valence-corrected chi connectivity index (χ0v) is 12.8. The molecule has 8 heteroatoms. The number of halogens is 3. The number of alkyl halides is 3. The van der Waals surface area contributed by atoms with E-state index in [2.05, 4.69) is 10.6 Å². The molecule has 22 heavy (non-hydrogen) atoms. The number of ether oxygens (including phenoxy) is 1. The van der Waals surface area contributed by atoms with Crippen LogP contribution in [0.15, 0.2) is 18.2 Å². The molecule has 0 fully saturated rings. The summed E-state index contributed by atoms with van der Waals surface area (Å²) < 4.78 is 43.1. The van der Waals surface area contributed by atoms with Gasteiger partial charge in [0.15, 0.2) is 0 Å². The highest BCUT2D eigenvalue weighted by Crippen LogP contribution is 2.34. The lowest BCUT2D eigenvalue weighted by Crippen LogP contribution is -2.30. The molecule has 1 aromatic carbocycles. The van der Waals surface area contributed by atoms with Crippen molar-refractivity contribution < 1.29 is 22.7 Å². The van der Waals surface area contributed by atoms with Gasteiger partial charge in [-0.3, -0.25) is 4.79 Å². The molecule has 0 spiro atoms. The first-order valence-electron chi connectivity index (χ1n) is 6.63. The number of carbonyl (C=O) groups is 1. The molecule has 0 aromatic heterocycles. The normalized spacial score (nSPS) is 11.4. The third-order valence-electron chi connectivity index (χ3n) is 2.85. The minimum atomic E-state index is -4.46. The zero-order valence-electron chi connectivity index (χ0n) is 12.8. The Hall–Kier alpha value is -1.80. The summed E-state index contributed by atoms with van der Waals surface area (Å²) in [7, 11) is 4.91. The number of nitrogens with one attached hydrogen (secondary N) is 2. The maximum atomic E-state index is 12.8. The van der Waals surface area contributed by atoms with Gasteiger partial charge >= 0.3 is 6.18 Å². The number of amides is 1. The number of anilines is 2. The molecule has 0 atom stereocenters. The second-order valence-corrected chi connectivity index (χ2v) is 4.84. The Labute approximate surface area is 127 Å². The molecule has 1 rings (SSSR count). The molecule has 1 amide bonds. The van der Waals surface area contributed by atoms with Gasteiger partial charge in [-0.25, -0.2) is 0 Å². The van der Waals surface area contributed by atoms with Gasteiger partial charge in [-0.2, -0.15) is 13.2 Å². The van der Waals surface area contributed by atoms with Crippen LogP contribution in [-0.4, -0.2) is 46.8 Å². The van der Waals surface area contributed by atoms with Crippen molar-refractivity contribution in [2.24, 2.45) is 0 Å². The van der Waals surface area contributed by atoms with E-state index >= 15 is 0 Å². The van der Waals surface area contributed by atoms with E-state index in [-0.39, 0.29) is 12.2 Å². The van der Waals surface area contributed by atoms with Crippen LogP contribution in [0.25, 0.3) is 0 Å². The van der Waals surface area contributed by atoms with Crippen molar-refractivity contribution in [3.63, 3.8) is 0 Å². The Bertz CT molecular complexity index is 505. The van der Waals surface area contributed by atoms with Crippen molar-refractivity contribution in [3.8, 4) is 0 Å². The SMILES string of the molecule is COCCNCC(=O)Nc1cc(C(F)(F)F)ccc1N(C)C. The molecule has 0 saturated carbocycles. The molecule has 2 N–H and O–H groups in total. The number of hydrogen-bond donors (Lipinski definition) is 2. The van der Waals surface area contributed by atoms with E-state index in [1.165, 1.54) is 13.2 Å². The van der Waals surface area contributed by atoms with Crippen LogP contribution >= 0.6 is 0 Å². The molecule has 0 aliphatic carbocycles. The summed E-state index contributed by atoms with van der Waals surface area (Å²) in [5.74, 6) is -0.418. The molecule has 0 saturated heterocycles. The lowest BCUT2D eigenvalue weighted by molar-refractivity contribution is -0.137. The van der Waals surface area contributed by atoms with Gasteiger partial charge in [-0.15, -0.1) is 0 Å². The first-order chi connectivity index (χ1) is 10.3. The molecule has 0 radical (unpaired) electrons. The zero-order chi connectivity index (χ0) is 16.8. The average molecular weight is 319 g/mol. The highest BCUT2D eigenvalue weighted by molar-refractivity contribution is 5.95. The lowest BCUT2D eigenvalue weighted by Gasteiger charge is -2.20. The van der Waals surface area contributed by atoms with E-state index in [0.29, 0.717) is 18.8 Å². The maximum Gasteiger partial charge on any atom is 0.416 e. The third kappa shape index (κ3) is 5.53. The van der Waals surface area contributed by atoms with Crippen molar-refractivity contribution >= 4 is 17.3 Å². The van der Waals surface area contributed by atoms with E-state index in [1.54, 1.807) is 19.0 Å². The number of carbonyl (C=O) groups excluding carboxylic acids is 1. The van der Waals surface area contributed by atoms with Gasteiger partial charge in [0.1, 0.15) is 0 Å². The van der Waals surface area contributed by atoms with Crippen LogP contribution in [-0.2, 0) is 15.7 Å². The van der Waals surface area contributed by atoms with Gasteiger partial charge in [0.2, 0.25) is 5.91 Å². The van der Waals surface area contributed by atoms with Crippen LogP contribution < -0.4 is 15.5 Å². The number of hydrogen-bond acceptors (Lipinski definition) is 4. The van der Waals surface area contributed by atoms with Crippen LogP contribution in [0.5, 0.6) is 0 Å². The van der Waals surface area contributed by atoms with E-state index in [0.717, 1.165) is 12.1 Å². The van der Waals surface area contributed by atoms with Crippen molar-refractivity contribution in [2.75, 3.05) is 51.1 Å². The first kappa shape index (κ1) is 18.2. The quantitative estimate of drug-likeness (QED) is 0.754. The highest BCUT2D eigenvalue weighted by Gasteiger charge is 2.31. The smallest absolute Gasteiger partial charge is 0.383 e. The fourth-order valence-electron chi connectivity index (χ4n) is 1.77. The average Bonchev–Trinajstić information content (AvgIpc) is 2.42. The molecule has 124 valence electrons. The summed E-state index contributed by atoms with van der Waals surface area (Å²) in [6, 6.07) is 3.25. The largest absolute Gasteiger partial charge is 0.416 e. The van der Waals surface area contributed by atoms with Gasteiger partial charge in [0.05, 0.1) is 30.1 Å². The predicted octanol–water partition coefficient (Wildman–Crippen LogP) is 1.95. The summed E-state index contributed by atoms with van der Waals surface area (Å²) >= 11 is 0. The fraction of sp³-hybridized carbons (Fsp3) is 0.500. The minimum absolute atomic E-state index is 0.00747. The summed E-state index contributed by atoms with van der Waals surface area (Å²) in [4.78, 5) is 13.4. The number of nitrogens with zero attached hydrogens (tertiary/aromatic N) is 1. The van der Waals surface area contributed by atoms with Gasteiger partial charge in [-0.05, 0) is 18.2 Å². The second kappa shape index (κ2) is 8.00. The monoisotopic (exact) mass is 319 g/mol. The Morgan fingerprint density at radius 2 is 2.00 bits per heavy atom. The van der Waals surface area contributed by atoms with Crippen molar-refractivity contribution in [2.45, 2.75) is 6.18 Å². The standard InChI is InChI=1S/C14H20F3N3O2/c1-20(2)12-5-4-10(14(15,16)17)8-11(12)19-13(21)9-18-6-7-22-3/h4-5,8,18H,6-7,9H2,1-3H3,(H,19,21). The maximum absolute atomic E-state index is 12.8. The van der Waals surface area contributed by atoms with Crippen LogP contribution in [0.2, 0.25) is 0 Å². The predicted molar refractivity (Wildman–Crippen MR) is 79.1 cm³/mol. The van der Waals surface area contributed by atoms with E-state index in [9.17, 15) is 18.0 Å². The number of methoxy groups -OCH3 is 1. The van der Waals surface area contributed by atoms with Gasteiger partial charge < -0.3 is 20.3 Å². The Kier molecular flexibility index (Phi) is 6.63. The molecule has 0 aliphatic heterocycles. The summed E-state index contributed by atoms with van der Waals surface area (Å²) in [5.41, 5.74) is -0.183.